The molecule has 0 aliphatic carbocycles. The molecule has 0 aliphatic heterocycles. The zero-order valence-corrected chi connectivity index (χ0v) is 16.0. The van der Waals surface area contributed by atoms with Crippen molar-refractivity contribution in [3.63, 3.8) is 0 Å². The maximum absolute atomic E-state index is 13.8. The number of nitrogens with zero attached hydrogens (tertiary/aromatic N) is 1. The number of benzene rings is 1. The first kappa shape index (κ1) is 22.9. The molecule has 0 atom stereocenters. The molecule has 0 fully saturated rings. The number of esters is 1. The minimum atomic E-state index is -5.25. The molecule has 0 N–H and O–H groups in total. The topological polar surface area (TPSA) is 55.8 Å². The van der Waals surface area contributed by atoms with Crippen molar-refractivity contribution in [2.24, 2.45) is 0 Å². The average Bonchev–Trinajstić information content (AvgIpc) is 2.44. The second-order valence-corrected chi connectivity index (χ2v) is 7.55. The highest BCUT2D eigenvalue weighted by molar-refractivity contribution is 6.05. The van der Waals surface area contributed by atoms with Crippen LogP contribution in [-0.4, -0.2) is 42.9 Å². The molecule has 27 heavy (non-hydrogen) atoms. The maximum Gasteiger partial charge on any atom is 0.471 e. The van der Waals surface area contributed by atoms with E-state index in [1.807, 2.05) is 0 Å². The fourth-order valence-corrected chi connectivity index (χ4v) is 2.45. The van der Waals surface area contributed by atoms with Gasteiger partial charge in [-0.05, 0) is 52.8 Å². The predicted octanol–water partition coefficient (Wildman–Crippen LogP) is 4.10. The highest BCUT2D eigenvalue weighted by Crippen LogP contribution is 2.34. The van der Waals surface area contributed by atoms with Crippen molar-refractivity contribution in [1.29, 1.82) is 0 Å². The number of carbonyl (C=O) groups excluding carboxylic acids is 2. The van der Waals surface area contributed by atoms with Crippen LogP contribution in [0.2, 0.25) is 0 Å². The smallest absolute Gasteiger partial charge is 0.456 e. The normalized spacial score (nSPS) is 12.7. The molecule has 1 aromatic carbocycles. The molecular formula is C18H23F4NO4. The van der Waals surface area contributed by atoms with E-state index in [9.17, 15) is 27.2 Å². The van der Waals surface area contributed by atoms with Gasteiger partial charge in [-0.1, -0.05) is 0 Å². The van der Waals surface area contributed by atoms with Crippen molar-refractivity contribution >= 4 is 17.6 Å². The molecule has 0 saturated carbocycles. The van der Waals surface area contributed by atoms with Crippen molar-refractivity contribution in [2.75, 3.05) is 18.6 Å². The minimum absolute atomic E-state index is 0.293. The molecule has 0 unspecified atom stereocenters. The summed E-state index contributed by atoms with van der Waals surface area (Å²) >= 11 is 0. The van der Waals surface area contributed by atoms with Crippen LogP contribution in [0.15, 0.2) is 18.2 Å². The van der Waals surface area contributed by atoms with Crippen LogP contribution in [-0.2, 0) is 14.3 Å². The van der Waals surface area contributed by atoms with E-state index in [1.165, 1.54) is 21.0 Å². The standard InChI is InChI=1S/C18H23F4NO4/c1-16(2,3)27-14(24)12-8-7-11(19)9-13(12)23(15(25)18(20,21)22)17(4,5)10-26-6/h7-9H,10H2,1-6H3. The highest BCUT2D eigenvalue weighted by Gasteiger charge is 2.49. The Balaban J connectivity index is 3.64. The monoisotopic (exact) mass is 393 g/mol. The second-order valence-electron chi connectivity index (χ2n) is 7.55. The number of hydrogen-bond donors (Lipinski definition) is 0. The van der Waals surface area contributed by atoms with Gasteiger partial charge in [0.15, 0.2) is 0 Å². The molecule has 0 aliphatic rings. The molecule has 0 radical (unpaired) electrons. The zero-order valence-electron chi connectivity index (χ0n) is 16.0. The fourth-order valence-electron chi connectivity index (χ4n) is 2.45. The molecule has 1 aromatic rings. The van der Waals surface area contributed by atoms with Crippen molar-refractivity contribution < 1.29 is 36.6 Å². The SMILES string of the molecule is COCC(C)(C)N(C(=O)C(F)(F)F)c1cc(F)ccc1C(=O)OC(C)(C)C. The zero-order chi connectivity index (χ0) is 21.2. The Morgan fingerprint density at radius 2 is 1.63 bits per heavy atom. The number of methoxy groups -OCH3 is 1. The van der Waals surface area contributed by atoms with Gasteiger partial charge in [0.25, 0.3) is 0 Å². The summed E-state index contributed by atoms with van der Waals surface area (Å²) in [7, 11) is 1.25. The Morgan fingerprint density at radius 3 is 2.07 bits per heavy atom. The molecule has 0 bridgehead atoms. The summed E-state index contributed by atoms with van der Waals surface area (Å²) in [4.78, 5) is 24.9. The van der Waals surface area contributed by atoms with E-state index in [4.69, 9.17) is 9.47 Å². The molecule has 0 spiro atoms. The molecule has 1 amide bonds. The summed E-state index contributed by atoms with van der Waals surface area (Å²) in [5, 5.41) is 0. The Hall–Kier alpha value is -2.16. The van der Waals surface area contributed by atoms with Gasteiger partial charge in [-0.2, -0.15) is 13.2 Å². The third-order valence-corrected chi connectivity index (χ3v) is 3.37. The number of halogens is 4. The average molecular weight is 393 g/mol. The number of anilines is 1. The lowest BCUT2D eigenvalue weighted by Gasteiger charge is -2.39. The van der Waals surface area contributed by atoms with E-state index in [0.29, 0.717) is 11.0 Å². The Bertz CT molecular complexity index is 708. The van der Waals surface area contributed by atoms with E-state index in [0.717, 1.165) is 12.1 Å². The van der Waals surface area contributed by atoms with Gasteiger partial charge in [0.05, 0.1) is 23.4 Å². The van der Waals surface area contributed by atoms with Crippen LogP contribution in [0.3, 0.4) is 0 Å². The molecule has 152 valence electrons. The molecule has 0 saturated heterocycles. The number of alkyl halides is 3. The van der Waals surface area contributed by atoms with Gasteiger partial charge in [0.2, 0.25) is 0 Å². The van der Waals surface area contributed by atoms with Crippen LogP contribution in [0.4, 0.5) is 23.2 Å². The first-order valence-corrected chi connectivity index (χ1v) is 8.03. The second kappa shape index (κ2) is 7.84. The van der Waals surface area contributed by atoms with Crippen molar-refractivity contribution in [3.05, 3.63) is 29.6 Å². The largest absolute Gasteiger partial charge is 0.471 e. The molecular weight excluding hydrogens is 370 g/mol. The molecule has 5 nitrogen and oxygen atoms in total. The van der Waals surface area contributed by atoms with Gasteiger partial charge in [0.1, 0.15) is 11.4 Å². The van der Waals surface area contributed by atoms with Crippen molar-refractivity contribution in [2.45, 2.75) is 51.9 Å². The van der Waals surface area contributed by atoms with Gasteiger partial charge in [-0.15, -0.1) is 0 Å². The third-order valence-electron chi connectivity index (χ3n) is 3.37. The molecule has 0 aromatic heterocycles. The van der Waals surface area contributed by atoms with Gasteiger partial charge in [0, 0.05) is 7.11 Å². The van der Waals surface area contributed by atoms with Crippen molar-refractivity contribution in [3.8, 4) is 0 Å². The number of amides is 1. The fraction of sp³-hybridized carbons (Fsp3) is 0.556. The van der Waals surface area contributed by atoms with Gasteiger partial charge < -0.3 is 9.47 Å². The number of ether oxygens (including phenoxy) is 2. The summed E-state index contributed by atoms with van der Waals surface area (Å²) in [6.07, 6.45) is -5.25. The summed E-state index contributed by atoms with van der Waals surface area (Å²) in [6, 6.07) is 2.58. The lowest BCUT2D eigenvalue weighted by atomic mass is 10.00. The number of hydrogen-bond acceptors (Lipinski definition) is 4. The lowest BCUT2D eigenvalue weighted by Crippen LogP contribution is -2.55. The Kier molecular flexibility index (Phi) is 6.64. The van der Waals surface area contributed by atoms with E-state index in [1.54, 1.807) is 20.8 Å². The van der Waals surface area contributed by atoms with Crippen LogP contribution in [0.1, 0.15) is 45.0 Å². The van der Waals surface area contributed by atoms with E-state index < -0.39 is 40.7 Å². The first-order valence-electron chi connectivity index (χ1n) is 8.03. The lowest BCUT2D eigenvalue weighted by molar-refractivity contribution is -0.172. The van der Waals surface area contributed by atoms with Gasteiger partial charge in [-0.3, -0.25) is 9.69 Å². The van der Waals surface area contributed by atoms with Gasteiger partial charge >= 0.3 is 18.1 Å². The van der Waals surface area contributed by atoms with Gasteiger partial charge in [-0.25, -0.2) is 9.18 Å². The number of carbonyl (C=O) groups is 2. The first-order chi connectivity index (χ1) is 12.1. The van der Waals surface area contributed by atoms with Crippen LogP contribution >= 0.6 is 0 Å². The summed E-state index contributed by atoms with van der Waals surface area (Å²) in [6.45, 7) is 7.04. The maximum atomic E-state index is 13.8. The Morgan fingerprint density at radius 1 is 1.07 bits per heavy atom. The molecule has 9 heteroatoms. The van der Waals surface area contributed by atoms with E-state index in [-0.39, 0.29) is 12.2 Å². The molecule has 1 rings (SSSR count). The summed E-state index contributed by atoms with van der Waals surface area (Å²) in [5.41, 5.74) is -3.39. The van der Waals surface area contributed by atoms with Crippen LogP contribution in [0, 0.1) is 5.82 Å². The third kappa shape index (κ3) is 5.92. The molecule has 0 heterocycles. The van der Waals surface area contributed by atoms with Crippen LogP contribution < -0.4 is 4.90 Å². The Labute approximate surface area is 155 Å². The minimum Gasteiger partial charge on any atom is -0.456 e. The van der Waals surface area contributed by atoms with E-state index in [2.05, 4.69) is 0 Å². The van der Waals surface area contributed by atoms with Crippen LogP contribution in [0.5, 0.6) is 0 Å². The highest BCUT2D eigenvalue weighted by atomic mass is 19.4. The summed E-state index contributed by atoms with van der Waals surface area (Å²) in [5.74, 6) is -4.14. The quantitative estimate of drug-likeness (QED) is 0.558. The predicted molar refractivity (Wildman–Crippen MR) is 91.1 cm³/mol. The number of rotatable bonds is 5. The van der Waals surface area contributed by atoms with Crippen molar-refractivity contribution in [1.82, 2.24) is 0 Å². The summed E-state index contributed by atoms with van der Waals surface area (Å²) < 4.78 is 63.6. The van der Waals surface area contributed by atoms with E-state index >= 15 is 0 Å². The van der Waals surface area contributed by atoms with Crippen LogP contribution in [0.25, 0.3) is 0 Å².